The number of carbonyl (C=O) groups excluding carboxylic acids is 1. The van der Waals surface area contributed by atoms with E-state index in [1.165, 1.54) is 23.5 Å². The number of hydrogen-bond acceptors (Lipinski definition) is 4. The van der Waals surface area contributed by atoms with Crippen LogP contribution in [0, 0.1) is 13.8 Å². The van der Waals surface area contributed by atoms with Crippen LogP contribution in [-0.4, -0.2) is 25.1 Å². The van der Waals surface area contributed by atoms with Crippen LogP contribution in [0.25, 0.3) is 5.00 Å². The molecule has 3 aromatic rings. The Morgan fingerprint density at radius 2 is 1.60 bits per heavy atom. The van der Waals surface area contributed by atoms with Gasteiger partial charge in [0.2, 0.25) is 0 Å². The van der Waals surface area contributed by atoms with Gasteiger partial charge in [0, 0.05) is 23.3 Å². The van der Waals surface area contributed by atoms with Gasteiger partial charge in [-0.25, -0.2) is 8.42 Å². The molecule has 0 aliphatic rings. The number of rotatable bonds is 4. The van der Waals surface area contributed by atoms with E-state index in [0.29, 0.717) is 11.3 Å². The minimum absolute atomic E-state index is 0.223. The molecule has 0 aliphatic heterocycles. The van der Waals surface area contributed by atoms with E-state index in [2.05, 4.69) is 5.32 Å². The van der Waals surface area contributed by atoms with Gasteiger partial charge in [-0.15, -0.1) is 11.3 Å². The maximum atomic E-state index is 12.7. The first-order chi connectivity index (χ1) is 11.8. The molecular weight excluding hydrogens is 356 g/mol. The number of amides is 1. The zero-order valence-electron chi connectivity index (χ0n) is 14.1. The third-order valence-corrected chi connectivity index (χ3v) is 5.93. The number of aromatic nitrogens is 1. The van der Waals surface area contributed by atoms with E-state index in [-0.39, 0.29) is 10.8 Å². The van der Waals surface area contributed by atoms with Crippen LogP contribution in [0.2, 0.25) is 0 Å². The lowest BCUT2D eigenvalue weighted by Crippen LogP contribution is -2.14. The summed E-state index contributed by atoms with van der Waals surface area (Å²) in [6.07, 6.45) is 1.15. The second-order valence-electron chi connectivity index (χ2n) is 5.84. The number of thiophene rings is 1. The van der Waals surface area contributed by atoms with Crippen LogP contribution in [0.3, 0.4) is 0 Å². The third-order valence-electron chi connectivity index (χ3n) is 3.90. The number of nitrogens with one attached hydrogen (secondary N) is 1. The van der Waals surface area contributed by atoms with Gasteiger partial charge in [0.05, 0.1) is 10.5 Å². The molecule has 25 heavy (non-hydrogen) atoms. The Kier molecular flexibility index (Phi) is 4.53. The van der Waals surface area contributed by atoms with E-state index >= 15 is 0 Å². The topological polar surface area (TPSA) is 68.2 Å². The largest absolute Gasteiger partial charge is 0.322 e. The molecule has 0 atom stereocenters. The van der Waals surface area contributed by atoms with Gasteiger partial charge >= 0.3 is 0 Å². The molecule has 2 heterocycles. The second kappa shape index (κ2) is 6.50. The van der Waals surface area contributed by atoms with Crippen LogP contribution in [0.1, 0.15) is 21.7 Å². The Morgan fingerprint density at radius 1 is 1.00 bits per heavy atom. The number of carbonyl (C=O) groups is 1. The van der Waals surface area contributed by atoms with E-state index in [0.717, 1.165) is 22.6 Å². The van der Waals surface area contributed by atoms with Crippen molar-refractivity contribution in [1.29, 1.82) is 0 Å². The number of anilines is 1. The molecule has 1 N–H and O–H groups in total. The molecule has 130 valence electrons. The van der Waals surface area contributed by atoms with Gasteiger partial charge in [-0.2, -0.15) is 0 Å². The van der Waals surface area contributed by atoms with Gasteiger partial charge in [-0.05, 0) is 61.7 Å². The molecule has 0 aliphatic carbocycles. The maximum Gasteiger partial charge on any atom is 0.258 e. The van der Waals surface area contributed by atoms with Crippen molar-refractivity contribution in [3.8, 4) is 5.00 Å². The molecule has 0 saturated carbocycles. The fraction of sp³-hybridized carbons (Fsp3) is 0.167. The summed E-state index contributed by atoms with van der Waals surface area (Å²) in [7, 11) is -3.25. The molecule has 0 unspecified atom stereocenters. The van der Waals surface area contributed by atoms with E-state index in [4.69, 9.17) is 0 Å². The summed E-state index contributed by atoms with van der Waals surface area (Å²) in [4.78, 5) is 12.9. The maximum absolute atomic E-state index is 12.7. The van der Waals surface area contributed by atoms with Crippen molar-refractivity contribution in [2.24, 2.45) is 0 Å². The van der Waals surface area contributed by atoms with Crippen molar-refractivity contribution in [2.75, 3.05) is 11.6 Å². The van der Waals surface area contributed by atoms with Crippen LogP contribution in [0.5, 0.6) is 0 Å². The molecule has 5 nitrogen and oxygen atoms in total. The molecule has 0 spiro atoms. The average molecular weight is 374 g/mol. The highest BCUT2D eigenvalue weighted by Crippen LogP contribution is 2.27. The van der Waals surface area contributed by atoms with Gasteiger partial charge in [0.25, 0.3) is 5.91 Å². The van der Waals surface area contributed by atoms with Crippen molar-refractivity contribution in [3.05, 3.63) is 64.8 Å². The number of nitrogens with zero attached hydrogens (tertiary/aromatic N) is 1. The van der Waals surface area contributed by atoms with Crippen LogP contribution in [0.4, 0.5) is 5.69 Å². The fourth-order valence-corrected chi connectivity index (χ4v) is 4.26. The Balaban J connectivity index is 1.87. The highest BCUT2D eigenvalue weighted by Gasteiger charge is 2.17. The SMILES string of the molecule is Cc1ccc(C)n1-c1sccc1C(=O)Nc1ccc(S(C)(=O)=O)cc1. The van der Waals surface area contributed by atoms with E-state index in [9.17, 15) is 13.2 Å². The summed E-state index contributed by atoms with van der Waals surface area (Å²) in [5.74, 6) is -0.226. The monoisotopic (exact) mass is 374 g/mol. The van der Waals surface area contributed by atoms with Crippen LogP contribution in [-0.2, 0) is 9.84 Å². The molecule has 1 amide bonds. The molecule has 0 fully saturated rings. The summed E-state index contributed by atoms with van der Waals surface area (Å²) in [5.41, 5.74) is 3.26. The third kappa shape index (κ3) is 3.52. The highest BCUT2D eigenvalue weighted by molar-refractivity contribution is 7.90. The summed E-state index contributed by atoms with van der Waals surface area (Å²) in [6.45, 7) is 4.00. The van der Waals surface area contributed by atoms with E-state index < -0.39 is 9.84 Å². The normalized spacial score (nSPS) is 11.5. The summed E-state index contributed by atoms with van der Waals surface area (Å²) in [5, 5.41) is 5.57. The predicted octanol–water partition coefficient (Wildman–Crippen LogP) is 3.81. The molecule has 0 saturated heterocycles. The van der Waals surface area contributed by atoms with Crippen LogP contribution in [0.15, 0.2) is 52.7 Å². The Bertz CT molecular complexity index is 1010. The van der Waals surface area contributed by atoms with E-state index in [1.807, 2.05) is 35.9 Å². The van der Waals surface area contributed by atoms with Gasteiger partial charge < -0.3 is 9.88 Å². The number of hydrogen-bond donors (Lipinski definition) is 1. The predicted molar refractivity (Wildman–Crippen MR) is 101 cm³/mol. The quantitative estimate of drug-likeness (QED) is 0.755. The fourth-order valence-electron chi connectivity index (χ4n) is 2.62. The first-order valence-electron chi connectivity index (χ1n) is 7.61. The lowest BCUT2D eigenvalue weighted by Gasteiger charge is -2.11. The first-order valence-corrected chi connectivity index (χ1v) is 10.4. The molecule has 3 rings (SSSR count). The van der Waals surface area contributed by atoms with Crippen molar-refractivity contribution < 1.29 is 13.2 Å². The van der Waals surface area contributed by atoms with Crippen molar-refractivity contribution in [3.63, 3.8) is 0 Å². The number of benzene rings is 1. The second-order valence-corrected chi connectivity index (χ2v) is 8.75. The summed E-state index contributed by atoms with van der Waals surface area (Å²) < 4.78 is 25.1. The Morgan fingerprint density at radius 3 is 2.16 bits per heavy atom. The molecular formula is C18H18N2O3S2. The molecule has 0 radical (unpaired) electrons. The van der Waals surface area contributed by atoms with Crippen molar-refractivity contribution in [1.82, 2.24) is 4.57 Å². The van der Waals surface area contributed by atoms with Crippen molar-refractivity contribution >= 4 is 32.8 Å². The zero-order valence-corrected chi connectivity index (χ0v) is 15.7. The molecule has 7 heteroatoms. The zero-order chi connectivity index (χ0) is 18.2. The molecule has 0 bridgehead atoms. The van der Waals surface area contributed by atoms with Crippen molar-refractivity contribution in [2.45, 2.75) is 18.7 Å². The Labute approximate surface area is 150 Å². The standard InChI is InChI=1S/C18H18N2O3S2/c1-12-4-5-13(2)20(12)18-16(10-11-24-18)17(21)19-14-6-8-15(9-7-14)25(3,22)23/h4-11H,1-3H3,(H,19,21). The Hall–Kier alpha value is -2.38. The smallest absolute Gasteiger partial charge is 0.258 e. The first kappa shape index (κ1) is 17.4. The number of sulfone groups is 1. The lowest BCUT2D eigenvalue weighted by atomic mass is 10.2. The molecule has 2 aromatic heterocycles. The highest BCUT2D eigenvalue weighted by atomic mass is 32.2. The van der Waals surface area contributed by atoms with Gasteiger partial charge in [-0.1, -0.05) is 0 Å². The average Bonchev–Trinajstić information content (AvgIpc) is 3.13. The van der Waals surface area contributed by atoms with Crippen LogP contribution >= 0.6 is 11.3 Å². The molecule has 1 aromatic carbocycles. The van der Waals surface area contributed by atoms with E-state index in [1.54, 1.807) is 18.2 Å². The van der Waals surface area contributed by atoms with Gasteiger partial charge in [0.15, 0.2) is 9.84 Å². The van der Waals surface area contributed by atoms with Gasteiger partial charge in [-0.3, -0.25) is 4.79 Å². The summed E-state index contributed by atoms with van der Waals surface area (Å²) >= 11 is 1.50. The van der Waals surface area contributed by atoms with Gasteiger partial charge in [0.1, 0.15) is 5.00 Å². The van der Waals surface area contributed by atoms with Crippen LogP contribution < -0.4 is 5.32 Å². The minimum Gasteiger partial charge on any atom is -0.322 e. The number of aryl methyl sites for hydroxylation is 2. The lowest BCUT2D eigenvalue weighted by molar-refractivity contribution is 0.102. The minimum atomic E-state index is -3.25. The summed E-state index contributed by atoms with van der Waals surface area (Å²) in [6, 6.07) is 12.0.